The molecule has 2 aliphatic heterocycles. The van der Waals surface area contributed by atoms with Gasteiger partial charge < -0.3 is 19.1 Å². The van der Waals surface area contributed by atoms with Gasteiger partial charge in [0.15, 0.2) is 11.5 Å². The van der Waals surface area contributed by atoms with Gasteiger partial charge in [-0.15, -0.1) is 0 Å². The standard InChI is InChI=1S/C23H32N4O4/c1-5-30-20-7-6-17(10-21(20)29-4)13-26-9-8-18-19(14-26)24-23(25-22(18)28)27-11-15(2)31-16(3)12-27/h6-7,10,15-16H,5,8-9,11-14H2,1-4H3,(H,24,25,28)/t15-,16-/m1/s1. The maximum atomic E-state index is 12.7. The average molecular weight is 429 g/mol. The van der Waals surface area contributed by atoms with Crippen LogP contribution in [0.15, 0.2) is 23.0 Å². The molecule has 0 unspecified atom stereocenters. The molecular formula is C23H32N4O4. The minimum atomic E-state index is -0.0193. The zero-order valence-corrected chi connectivity index (χ0v) is 18.8. The number of nitrogens with one attached hydrogen (secondary N) is 1. The molecule has 2 aromatic rings. The monoisotopic (exact) mass is 428 g/mol. The molecule has 0 radical (unpaired) electrons. The fraction of sp³-hybridized carbons (Fsp3) is 0.565. The van der Waals surface area contributed by atoms with Crippen molar-refractivity contribution in [1.82, 2.24) is 14.9 Å². The Hall–Kier alpha value is -2.58. The molecule has 0 aliphatic carbocycles. The molecular weight excluding hydrogens is 396 g/mol. The van der Waals surface area contributed by atoms with Gasteiger partial charge >= 0.3 is 0 Å². The summed E-state index contributed by atoms with van der Waals surface area (Å²) in [5, 5.41) is 0. The van der Waals surface area contributed by atoms with E-state index >= 15 is 0 Å². The van der Waals surface area contributed by atoms with Crippen molar-refractivity contribution in [3.8, 4) is 11.5 Å². The largest absolute Gasteiger partial charge is 0.493 e. The summed E-state index contributed by atoms with van der Waals surface area (Å²) in [7, 11) is 1.66. The van der Waals surface area contributed by atoms with Gasteiger partial charge in [0, 0.05) is 38.3 Å². The van der Waals surface area contributed by atoms with E-state index in [-0.39, 0.29) is 17.8 Å². The maximum Gasteiger partial charge on any atom is 0.255 e. The molecule has 0 bridgehead atoms. The van der Waals surface area contributed by atoms with E-state index in [1.165, 1.54) is 0 Å². The highest BCUT2D eigenvalue weighted by atomic mass is 16.5. The molecule has 1 saturated heterocycles. The minimum absolute atomic E-state index is 0.0193. The van der Waals surface area contributed by atoms with Crippen molar-refractivity contribution in [1.29, 1.82) is 0 Å². The summed E-state index contributed by atoms with van der Waals surface area (Å²) in [6.07, 6.45) is 0.912. The number of aromatic nitrogens is 2. The number of ether oxygens (including phenoxy) is 3. The molecule has 2 aliphatic rings. The predicted molar refractivity (Wildman–Crippen MR) is 119 cm³/mol. The van der Waals surface area contributed by atoms with Gasteiger partial charge in [0.2, 0.25) is 5.95 Å². The van der Waals surface area contributed by atoms with Crippen LogP contribution in [-0.4, -0.2) is 60.4 Å². The van der Waals surface area contributed by atoms with E-state index in [9.17, 15) is 4.79 Å². The Morgan fingerprint density at radius 2 is 2.00 bits per heavy atom. The van der Waals surface area contributed by atoms with E-state index in [0.717, 1.165) is 54.5 Å². The number of rotatable bonds is 6. The van der Waals surface area contributed by atoms with Gasteiger partial charge in [0.1, 0.15) is 0 Å². The number of nitrogens with zero attached hydrogens (tertiary/aromatic N) is 3. The van der Waals surface area contributed by atoms with Crippen molar-refractivity contribution < 1.29 is 14.2 Å². The van der Waals surface area contributed by atoms with E-state index in [1.807, 2.05) is 32.9 Å². The van der Waals surface area contributed by atoms with Crippen LogP contribution >= 0.6 is 0 Å². The van der Waals surface area contributed by atoms with Crippen molar-refractivity contribution in [2.75, 3.05) is 38.3 Å². The van der Waals surface area contributed by atoms with Crippen molar-refractivity contribution in [2.45, 2.75) is 52.5 Å². The lowest BCUT2D eigenvalue weighted by atomic mass is 10.1. The number of benzene rings is 1. The summed E-state index contributed by atoms with van der Waals surface area (Å²) in [6, 6.07) is 6.04. The van der Waals surface area contributed by atoms with Gasteiger partial charge in [-0.05, 0) is 44.9 Å². The third-order valence-corrected chi connectivity index (χ3v) is 5.79. The fourth-order valence-electron chi connectivity index (χ4n) is 4.46. The maximum absolute atomic E-state index is 12.7. The topological polar surface area (TPSA) is 79.9 Å². The first-order chi connectivity index (χ1) is 15.0. The summed E-state index contributed by atoms with van der Waals surface area (Å²) in [4.78, 5) is 25.0. The van der Waals surface area contributed by atoms with Crippen molar-refractivity contribution >= 4 is 5.95 Å². The molecule has 4 rings (SSSR count). The molecule has 8 heteroatoms. The molecule has 1 aromatic carbocycles. The molecule has 2 atom stereocenters. The van der Waals surface area contributed by atoms with E-state index in [4.69, 9.17) is 19.2 Å². The van der Waals surface area contributed by atoms with Crippen LogP contribution in [0.2, 0.25) is 0 Å². The Labute approximate surface area is 183 Å². The molecule has 31 heavy (non-hydrogen) atoms. The van der Waals surface area contributed by atoms with Gasteiger partial charge in [-0.25, -0.2) is 4.98 Å². The second-order valence-electron chi connectivity index (χ2n) is 8.36. The van der Waals surface area contributed by atoms with Gasteiger partial charge in [0.25, 0.3) is 5.56 Å². The fourth-order valence-corrected chi connectivity index (χ4v) is 4.46. The lowest BCUT2D eigenvalue weighted by Gasteiger charge is -2.36. The SMILES string of the molecule is CCOc1ccc(CN2CCc3c(nc(N4C[C@@H](C)O[C@H](C)C4)[nH]c3=O)C2)cc1OC. The third kappa shape index (κ3) is 4.85. The second-order valence-corrected chi connectivity index (χ2v) is 8.36. The van der Waals surface area contributed by atoms with Gasteiger partial charge in [-0.1, -0.05) is 6.07 Å². The van der Waals surface area contributed by atoms with Crippen LogP contribution in [-0.2, 0) is 24.2 Å². The number of anilines is 1. The number of aromatic amines is 1. The number of fused-ring (bicyclic) bond motifs is 1. The van der Waals surface area contributed by atoms with Crippen LogP contribution in [0.25, 0.3) is 0 Å². The molecule has 0 saturated carbocycles. The van der Waals surface area contributed by atoms with Crippen molar-refractivity contribution in [3.63, 3.8) is 0 Å². The summed E-state index contributed by atoms with van der Waals surface area (Å²) >= 11 is 0. The highest BCUT2D eigenvalue weighted by Crippen LogP contribution is 2.29. The summed E-state index contributed by atoms with van der Waals surface area (Å²) in [6.45, 7) is 10.3. The molecule has 168 valence electrons. The van der Waals surface area contributed by atoms with Crippen LogP contribution in [0.3, 0.4) is 0 Å². The zero-order chi connectivity index (χ0) is 22.0. The zero-order valence-electron chi connectivity index (χ0n) is 18.8. The molecule has 1 fully saturated rings. The van der Waals surface area contributed by atoms with Crippen molar-refractivity contribution in [2.24, 2.45) is 0 Å². The molecule has 8 nitrogen and oxygen atoms in total. The molecule has 1 aromatic heterocycles. The highest BCUT2D eigenvalue weighted by molar-refractivity contribution is 5.43. The normalized spacial score (nSPS) is 21.6. The predicted octanol–water partition coefficient (Wildman–Crippen LogP) is 2.35. The van der Waals surface area contributed by atoms with E-state index in [0.29, 0.717) is 25.5 Å². The number of hydrogen-bond acceptors (Lipinski definition) is 7. The summed E-state index contributed by atoms with van der Waals surface area (Å²) in [5.74, 6) is 2.14. The van der Waals surface area contributed by atoms with E-state index in [1.54, 1.807) is 7.11 Å². The van der Waals surface area contributed by atoms with Crippen LogP contribution in [0.1, 0.15) is 37.6 Å². The molecule has 0 spiro atoms. The second kappa shape index (κ2) is 9.28. The quantitative estimate of drug-likeness (QED) is 0.757. The molecule has 3 heterocycles. The first-order valence-electron chi connectivity index (χ1n) is 11.0. The number of hydrogen-bond donors (Lipinski definition) is 1. The van der Waals surface area contributed by atoms with Gasteiger partial charge in [0.05, 0.1) is 31.6 Å². The lowest BCUT2D eigenvalue weighted by Crippen LogP contribution is -2.47. The lowest BCUT2D eigenvalue weighted by molar-refractivity contribution is -0.00576. The van der Waals surface area contributed by atoms with Gasteiger partial charge in [-0.2, -0.15) is 0 Å². The van der Waals surface area contributed by atoms with Gasteiger partial charge in [-0.3, -0.25) is 14.7 Å². The first-order valence-corrected chi connectivity index (χ1v) is 11.0. The smallest absolute Gasteiger partial charge is 0.255 e. The molecule has 0 amide bonds. The highest BCUT2D eigenvalue weighted by Gasteiger charge is 2.27. The first kappa shape index (κ1) is 21.6. The number of H-pyrrole nitrogens is 1. The minimum Gasteiger partial charge on any atom is -0.493 e. The van der Waals surface area contributed by atoms with Crippen LogP contribution in [0.5, 0.6) is 11.5 Å². The number of morpholine rings is 1. The van der Waals surface area contributed by atoms with Crippen LogP contribution < -0.4 is 19.9 Å². The van der Waals surface area contributed by atoms with Crippen LogP contribution in [0, 0.1) is 0 Å². The summed E-state index contributed by atoms with van der Waals surface area (Å²) in [5.41, 5.74) is 2.80. The van der Waals surface area contributed by atoms with E-state index < -0.39 is 0 Å². The Bertz CT molecular complexity index is 967. The summed E-state index contributed by atoms with van der Waals surface area (Å²) < 4.78 is 16.9. The third-order valence-electron chi connectivity index (χ3n) is 5.79. The van der Waals surface area contributed by atoms with Crippen LogP contribution in [0.4, 0.5) is 5.95 Å². The Morgan fingerprint density at radius 1 is 1.23 bits per heavy atom. The van der Waals surface area contributed by atoms with Crippen molar-refractivity contribution in [3.05, 3.63) is 45.4 Å². The molecule has 1 N–H and O–H groups in total. The average Bonchev–Trinajstić information content (AvgIpc) is 2.74. The van der Waals surface area contributed by atoms with E-state index in [2.05, 4.69) is 20.9 Å². The number of methoxy groups -OCH3 is 1. The Morgan fingerprint density at radius 3 is 2.71 bits per heavy atom. The Kier molecular flexibility index (Phi) is 6.48. The Balaban J connectivity index is 1.51.